The summed E-state index contributed by atoms with van der Waals surface area (Å²) in [4.78, 5) is 16.6. The van der Waals surface area contributed by atoms with Crippen LogP contribution in [0.15, 0.2) is 39.9 Å². The molecule has 1 atom stereocenters. The Bertz CT molecular complexity index is 1460. The third-order valence-corrected chi connectivity index (χ3v) is 6.69. The number of carbonyl (C=O) groups is 1. The van der Waals surface area contributed by atoms with E-state index in [0.29, 0.717) is 25.6 Å². The Hall–Kier alpha value is -3.72. The molecule has 2 aromatic heterocycles. The second kappa shape index (κ2) is 9.39. The number of anilines is 1. The van der Waals surface area contributed by atoms with Gasteiger partial charge in [0.1, 0.15) is 10.7 Å². The van der Waals surface area contributed by atoms with E-state index in [4.69, 9.17) is 14.6 Å². The average molecular weight is 528 g/mol. The van der Waals surface area contributed by atoms with Crippen LogP contribution in [0.5, 0.6) is 11.8 Å². The zero-order chi connectivity index (χ0) is 26.3. The quantitative estimate of drug-likeness (QED) is 0.489. The summed E-state index contributed by atoms with van der Waals surface area (Å²) in [6.07, 6.45) is -1.95. The van der Waals surface area contributed by atoms with E-state index < -0.39 is 44.8 Å². The predicted octanol–water partition coefficient (Wildman–Crippen LogP) is 4.14. The number of halogens is 4. The van der Waals surface area contributed by atoms with E-state index in [9.17, 15) is 26.6 Å². The highest BCUT2D eigenvalue weighted by atomic mass is 32.2. The van der Waals surface area contributed by atoms with Gasteiger partial charge >= 0.3 is 12.2 Å². The number of amides is 2. The average Bonchev–Trinajstić information content (AvgIpc) is 3.25. The molecule has 3 aromatic rings. The lowest BCUT2D eigenvalue weighted by molar-refractivity contribution is -0.140. The lowest BCUT2D eigenvalue weighted by Gasteiger charge is -2.19. The molecule has 0 spiro atoms. The van der Waals surface area contributed by atoms with E-state index in [1.165, 1.54) is 30.1 Å². The van der Waals surface area contributed by atoms with Gasteiger partial charge in [-0.3, -0.25) is 0 Å². The van der Waals surface area contributed by atoms with Crippen LogP contribution in [0.2, 0.25) is 0 Å². The minimum absolute atomic E-state index is 0.0900. The van der Waals surface area contributed by atoms with Crippen LogP contribution < -0.4 is 19.9 Å². The third kappa shape index (κ3) is 4.83. The van der Waals surface area contributed by atoms with E-state index in [1.54, 1.807) is 0 Å². The van der Waals surface area contributed by atoms with Crippen LogP contribution in [0.3, 0.4) is 0 Å². The Morgan fingerprint density at radius 2 is 2.11 bits per heavy atom. The van der Waals surface area contributed by atoms with Gasteiger partial charge in [0.15, 0.2) is 9.92 Å². The van der Waals surface area contributed by atoms with Crippen LogP contribution in [0.4, 0.5) is 28.0 Å². The Morgan fingerprint density at radius 1 is 1.36 bits per heavy atom. The maximum absolute atomic E-state index is 14.6. The molecule has 4 rings (SSSR count). The maximum Gasteiger partial charge on any atom is 0.419 e. The molecule has 0 aliphatic carbocycles. The molecule has 15 heteroatoms. The number of nitrogens with two attached hydrogens (primary N) is 1. The fourth-order valence-electron chi connectivity index (χ4n) is 3.75. The van der Waals surface area contributed by atoms with Gasteiger partial charge in [-0.1, -0.05) is 0 Å². The van der Waals surface area contributed by atoms with Crippen molar-refractivity contribution in [2.75, 3.05) is 19.0 Å². The number of carbonyl (C=O) groups excluding carboxylic acids is 1. The van der Waals surface area contributed by atoms with Crippen LogP contribution in [-0.4, -0.2) is 38.7 Å². The molecule has 1 unspecified atom stereocenters. The summed E-state index contributed by atoms with van der Waals surface area (Å²) >= 11 is 0. The van der Waals surface area contributed by atoms with Crippen LogP contribution in [0.25, 0.3) is 11.1 Å². The molecule has 192 valence electrons. The Morgan fingerprint density at radius 3 is 2.81 bits per heavy atom. The monoisotopic (exact) mass is 528 g/mol. The van der Waals surface area contributed by atoms with E-state index in [-0.39, 0.29) is 27.8 Å². The van der Waals surface area contributed by atoms with Gasteiger partial charge in [0.25, 0.3) is 0 Å². The summed E-state index contributed by atoms with van der Waals surface area (Å²) in [6, 6.07) is 2.04. The van der Waals surface area contributed by atoms with Crippen LogP contribution in [-0.2, 0) is 22.6 Å². The number of alkyl halides is 3. The molecule has 3 N–H and O–H groups in total. The molecule has 2 amide bonds. The molecule has 10 nitrogen and oxygen atoms in total. The summed E-state index contributed by atoms with van der Waals surface area (Å²) in [5.74, 6) is -1.36. The maximum atomic E-state index is 14.6. The number of hydrogen-bond acceptors (Lipinski definition) is 6. The first-order valence-corrected chi connectivity index (χ1v) is 12.0. The van der Waals surface area contributed by atoms with E-state index in [1.807, 2.05) is 0 Å². The number of aryl methyl sites for hydroxylation is 1. The topological polar surface area (TPSA) is 134 Å². The molecule has 0 radical (unpaired) electrons. The molecule has 0 saturated heterocycles. The smallest absolute Gasteiger partial charge is 0.419 e. The molecule has 0 saturated carbocycles. The van der Waals surface area contributed by atoms with Gasteiger partial charge in [-0.15, -0.1) is 4.36 Å². The molecule has 36 heavy (non-hydrogen) atoms. The number of rotatable bonds is 4. The first-order valence-electron chi connectivity index (χ1n) is 10.4. The second-order valence-electron chi connectivity index (χ2n) is 7.69. The summed E-state index contributed by atoms with van der Waals surface area (Å²) in [7, 11) is -2.57. The highest BCUT2D eigenvalue weighted by Gasteiger charge is 2.38. The molecular weight excluding hydrogens is 508 g/mol. The van der Waals surface area contributed by atoms with Gasteiger partial charge < -0.3 is 14.8 Å². The number of benzene rings is 1. The lowest BCUT2D eigenvalue weighted by atomic mass is 9.96. The van der Waals surface area contributed by atoms with Crippen LogP contribution in [0.1, 0.15) is 17.5 Å². The summed E-state index contributed by atoms with van der Waals surface area (Å²) in [5, 5.41) is 12.0. The lowest BCUT2D eigenvalue weighted by Crippen LogP contribution is -2.21. The van der Waals surface area contributed by atoms with Crippen molar-refractivity contribution in [2.24, 2.45) is 9.50 Å². The minimum atomic E-state index is -5.06. The van der Waals surface area contributed by atoms with Crippen molar-refractivity contribution in [3.8, 4) is 22.9 Å². The molecule has 3 heterocycles. The van der Waals surface area contributed by atoms with E-state index in [0.717, 1.165) is 13.1 Å². The van der Waals surface area contributed by atoms with Crippen LogP contribution in [0, 0.1) is 12.7 Å². The van der Waals surface area contributed by atoms with Gasteiger partial charge in [0, 0.05) is 30.8 Å². The third-order valence-electron chi connectivity index (χ3n) is 5.35. The number of hydrogen-bond donors (Lipinski definition) is 2. The predicted molar refractivity (Wildman–Crippen MR) is 120 cm³/mol. The summed E-state index contributed by atoms with van der Waals surface area (Å²) in [6.45, 7) is 1.78. The molecule has 1 aliphatic rings. The first kappa shape index (κ1) is 25.4. The minimum Gasteiger partial charge on any atom is -0.481 e. The Balaban J connectivity index is 1.81. The van der Waals surface area contributed by atoms with Crippen LogP contribution >= 0.6 is 0 Å². The summed E-state index contributed by atoms with van der Waals surface area (Å²) < 4.78 is 83.9. The highest BCUT2D eigenvalue weighted by Crippen LogP contribution is 2.42. The van der Waals surface area contributed by atoms with Crippen molar-refractivity contribution in [1.29, 1.82) is 0 Å². The van der Waals surface area contributed by atoms with Crippen molar-refractivity contribution in [3.63, 3.8) is 0 Å². The zero-order valence-corrected chi connectivity index (χ0v) is 19.7. The number of methoxy groups -OCH3 is 1. The molecule has 0 bridgehead atoms. The molecule has 0 fully saturated rings. The molecule has 1 aromatic carbocycles. The van der Waals surface area contributed by atoms with Crippen molar-refractivity contribution in [1.82, 2.24) is 14.8 Å². The standard InChI is InChI=1S/C21H20F4N6O4S/c1-11-17(21(23,24)25)14(22)9-13(12-4-5-27-16(8-12)34-2)18(11)29-20(32)30-36(26,33)15-10-28-31-6-3-7-35-19(15)31/h4-5,8-10H,3,6-7H2,1-2H3,(H3,26,29,30,32,33). The van der Waals surface area contributed by atoms with Gasteiger partial charge in [0.05, 0.1) is 31.2 Å². The second-order valence-corrected chi connectivity index (χ2v) is 9.45. The van der Waals surface area contributed by atoms with E-state index >= 15 is 0 Å². The van der Waals surface area contributed by atoms with Gasteiger partial charge in [-0.05, 0) is 30.2 Å². The molecule has 1 aliphatic heterocycles. The molecular formula is C21H20F4N6O4S. The number of nitrogens with zero attached hydrogens (tertiary/aromatic N) is 4. The largest absolute Gasteiger partial charge is 0.481 e. The number of nitrogens with one attached hydrogen (secondary N) is 1. The first-order chi connectivity index (χ1) is 16.9. The van der Waals surface area contributed by atoms with Gasteiger partial charge in [-0.25, -0.2) is 28.2 Å². The number of fused-ring (bicyclic) bond motifs is 1. The number of urea groups is 1. The van der Waals surface area contributed by atoms with Gasteiger partial charge in [-0.2, -0.15) is 18.3 Å². The fourth-order valence-corrected chi connectivity index (χ4v) is 4.75. The number of ether oxygens (including phenoxy) is 2. The normalized spacial score (nSPS) is 14.9. The fraction of sp³-hybridized carbons (Fsp3) is 0.286. The van der Waals surface area contributed by atoms with Gasteiger partial charge in [0.2, 0.25) is 11.8 Å². The highest BCUT2D eigenvalue weighted by molar-refractivity contribution is 7.91. The summed E-state index contributed by atoms with van der Waals surface area (Å²) in [5.41, 5.74) is -2.52. The van der Waals surface area contributed by atoms with E-state index in [2.05, 4.69) is 19.8 Å². The Labute approximate surface area is 202 Å². The van der Waals surface area contributed by atoms with Crippen molar-refractivity contribution in [2.45, 2.75) is 31.0 Å². The number of aromatic nitrogens is 3. The Kier molecular flexibility index (Phi) is 6.62. The zero-order valence-electron chi connectivity index (χ0n) is 18.9. The number of pyridine rings is 1. The SMILES string of the molecule is COc1cc(-c2cc(F)c(C(F)(F)F)c(C)c2NC(=O)N=S(N)(=O)c2cnn3c2OCCC3)ccn1. The van der Waals surface area contributed by atoms with Crippen molar-refractivity contribution >= 4 is 21.6 Å². The van der Waals surface area contributed by atoms with Crippen molar-refractivity contribution in [3.05, 3.63) is 47.5 Å². The van der Waals surface area contributed by atoms with Crippen molar-refractivity contribution < 1.29 is 36.0 Å².